The van der Waals surface area contributed by atoms with Gasteiger partial charge in [-0.2, -0.15) is 0 Å². The molecule has 0 radical (unpaired) electrons. The molecule has 2 atom stereocenters. The first kappa shape index (κ1) is 19.1. The Bertz CT molecular complexity index is 981. The Morgan fingerprint density at radius 3 is 2.71 bits per heavy atom. The van der Waals surface area contributed by atoms with Gasteiger partial charge in [-0.05, 0) is 37.4 Å². The lowest BCUT2D eigenvalue weighted by atomic mass is 10.1. The number of aromatic nitrogens is 2. The predicted molar refractivity (Wildman–Crippen MR) is 115 cm³/mol. The lowest BCUT2D eigenvalue weighted by molar-refractivity contribution is -0.117. The average molecular weight is 416 g/mol. The first-order valence-corrected chi connectivity index (χ1v) is 10.5. The number of fused-ring (bicyclic) bond motifs is 1. The molecule has 3 aromatic rings. The molecule has 1 fully saturated rings. The fourth-order valence-electron chi connectivity index (χ4n) is 3.92. The normalized spacial score (nSPS) is 20.5. The number of nitrogens with zero attached hydrogens (tertiary/aromatic N) is 4. The molecule has 8 heteroatoms. The maximum absolute atomic E-state index is 12.5. The van der Waals surface area contributed by atoms with Crippen LogP contribution in [0.3, 0.4) is 0 Å². The van der Waals surface area contributed by atoms with E-state index in [1.165, 1.54) is 0 Å². The number of thiophene rings is 1. The molecule has 4 rings (SSSR count). The summed E-state index contributed by atoms with van der Waals surface area (Å²) < 4.78 is 0. The minimum Gasteiger partial charge on any atom is -0.348 e. The summed E-state index contributed by atoms with van der Waals surface area (Å²) in [6.45, 7) is 6.26. The van der Waals surface area contributed by atoms with Gasteiger partial charge in [-0.15, -0.1) is 11.3 Å². The van der Waals surface area contributed by atoms with Gasteiger partial charge in [0.25, 0.3) is 0 Å². The Morgan fingerprint density at radius 1 is 1.21 bits per heavy atom. The summed E-state index contributed by atoms with van der Waals surface area (Å²) in [5, 5.41) is 6.60. The molecule has 3 heterocycles. The third-order valence-electron chi connectivity index (χ3n) is 5.00. The lowest BCUT2D eigenvalue weighted by Gasteiger charge is -2.45. The molecular formula is C20H22ClN5OS. The van der Waals surface area contributed by atoms with Crippen LogP contribution in [0.25, 0.3) is 10.2 Å². The van der Waals surface area contributed by atoms with Gasteiger partial charge in [-0.3, -0.25) is 9.69 Å². The molecule has 6 nitrogen and oxygen atoms in total. The van der Waals surface area contributed by atoms with Gasteiger partial charge in [0, 0.05) is 25.2 Å². The maximum Gasteiger partial charge on any atom is 0.238 e. The van der Waals surface area contributed by atoms with Gasteiger partial charge in [-0.1, -0.05) is 23.7 Å². The van der Waals surface area contributed by atoms with Crippen LogP contribution in [0.2, 0.25) is 5.02 Å². The van der Waals surface area contributed by atoms with Crippen molar-refractivity contribution in [1.29, 1.82) is 0 Å². The Labute approximate surface area is 173 Å². The van der Waals surface area contributed by atoms with E-state index in [-0.39, 0.29) is 18.0 Å². The van der Waals surface area contributed by atoms with Gasteiger partial charge >= 0.3 is 0 Å². The van der Waals surface area contributed by atoms with E-state index >= 15 is 0 Å². The van der Waals surface area contributed by atoms with Gasteiger partial charge in [-0.25, -0.2) is 9.97 Å². The number of hydrogen-bond donors (Lipinski definition) is 1. The summed E-state index contributed by atoms with van der Waals surface area (Å²) in [7, 11) is 0. The number of halogens is 1. The Hall–Kier alpha value is -2.22. The molecule has 0 saturated carbocycles. The monoisotopic (exact) mass is 415 g/mol. The Balaban J connectivity index is 1.44. The summed E-state index contributed by atoms with van der Waals surface area (Å²) in [5.74, 6) is 0.926. The molecule has 1 aliphatic rings. The third-order valence-corrected chi connectivity index (χ3v) is 6.15. The standard InChI is InChI=1S/C20H22ClN5OS/c1-13-9-25(11-18(27)24-17-6-4-3-5-16(17)21)10-14(2)26(13)19-15-7-8-28-20(15)23-12-22-19/h3-8,12-14H,9-11H2,1-2H3,(H,24,27)/t13-,14+. The molecule has 0 spiro atoms. The minimum absolute atomic E-state index is 0.0526. The quantitative estimate of drug-likeness (QED) is 0.700. The summed E-state index contributed by atoms with van der Waals surface area (Å²) in [4.78, 5) is 26.9. The highest BCUT2D eigenvalue weighted by Crippen LogP contribution is 2.31. The summed E-state index contributed by atoms with van der Waals surface area (Å²) in [6, 6.07) is 9.83. The van der Waals surface area contributed by atoms with Crippen molar-refractivity contribution in [3.05, 3.63) is 47.1 Å². The van der Waals surface area contributed by atoms with Gasteiger partial charge in [0.15, 0.2) is 0 Å². The van der Waals surface area contributed by atoms with Crippen molar-refractivity contribution in [3.63, 3.8) is 0 Å². The van der Waals surface area contributed by atoms with E-state index in [1.54, 1.807) is 23.7 Å². The van der Waals surface area contributed by atoms with E-state index in [2.05, 4.69) is 45.0 Å². The van der Waals surface area contributed by atoms with E-state index in [1.807, 2.05) is 23.6 Å². The second kappa shape index (κ2) is 8.03. The zero-order valence-corrected chi connectivity index (χ0v) is 17.4. The van der Waals surface area contributed by atoms with Crippen molar-refractivity contribution in [2.45, 2.75) is 25.9 Å². The molecular weight excluding hydrogens is 394 g/mol. The zero-order chi connectivity index (χ0) is 19.7. The number of hydrogen-bond acceptors (Lipinski definition) is 6. The van der Waals surface area contributed by atoms with Crippen LogP contribution >= 0.6 is 22.9 Å². The van der Waals surface area contributed by atoms with E-state index in [9.17, 15) is 4.79 Å². The van der Waals surface area contributed by atoms with Crippen LogP contribution < -0.4 is 10.2 Å². The van der Waals surface area contributed by atoms with Crippen LogP contribution in [0.4, 0.5) is 11.5 Å². The second-order valence-corrected chi connectivity index (χ2v) is 8.47. The maximum atomic E-state index is 12.5. The topological polar surface area (TPSA) is 61.4 Å². The van der Waals surface area contributed by atoms with E-state index < -0.39 is 0 Å². The molecule has 1 aromatic carbocycles. The molecule has 2 aromatic heterocycles. The highest BCUT2D eigenvalue weighted by Gasteiger charge is 2.32. The fourth-order valence-corrected chi connectivity index (χ4v) is 4.83. The van der Waals surface area contributed by atoms with Crippen molar-refractivity contribution < 1.29 is 4.79 Å². The van der Waals surface area contributed by atoms with Crippen LogP contribution in [0.1, 0.15) is 13.8 Å². The smallest absolute Gasteiger partial charge is 0.238 e. The van der Waals surface area contributed by atoms with E-state index in [0.717, 1.165) is 29.1 Å². The van der Waals surface area contributed by atoms with Crippen LogP contribution in [0, 0.1) is 0 Å². The van der Waals surface area contributed by atoms with Gasteiger partial charge < -0.3 is 10.2 Å². The van der Waals surface area contributed by atoms with Gasteiger partial charge in [0.2, 0.25) is 5.91 Å². The number of carbonyl (C=O) groups excluding carboxylic acids is 1. The van der Waals surface area contributed by atoms with Crippen LogP contribution in [-0.4, -0.2) is 52.5 Å². The fraction of sp³-hybridized carbons (Fsp3) is 0.350. The predicted octanol–water partition coefficient (Wildman–Crippen LogP) is 3.88. The summed E-state index contributed by atoms with van der Waals surface area (Å²) in [6.07, 6.45) is 1.64. The van der Waals surface area contributed by atoms with Crippen molar-refractivity contribution in [2.24, 2.45) is 0 Å². The van der Waals surface area contributed by atoms with Crippen LogP contribution in [-0.2, 0) is 4.79 Å². The highest BCUT2D eigenvalue weighted by molar-refractivity contribution is 7.16. The second-order valence-electron chi connectivity index (χ2n) is 7.16. The molecule has 28 heavy (non-hydrogen) atoms. The molecule has 1 amide bonds. The number of amides is 1. The Kier molecular flexibility index (Phi) is 5.48. The largest absolute Gasteiger partial charge is 0.348 e. The highest BCUT2D eigenvalue weighted by atomic mass is 35.5. The first-order valence-electron chi connectivity index (χ1n) is 9.26. The number of rotatable bonds is 4. The van der Waals surface area contributed by atoms with Gasteiger partial charge in [0.1, 0.15) is 17.0 Å². The number of piperazine rings is 1. The van der Waals surface area contributed by atoms with Gasteiger partial charge in [0.05, 0.1) is 22.6 Å². The molecule has 0 unspecified atom stereocenters. The first-order chi connectivity index (χ1) is 13.5. The van der Waals surface area contributed by atoms with E-state index in [0.29, 0.717) is 17.3 Å². The average Bonchev–Trinajstić information content (AvgIpc) is 3.12. The number of benzene rings is 1. The van der Waals surface area contributed by atoms with Crippen molar-refractivity contribution in [2.75, 3.05) is 29.9 Å². The summed E-state index contributed by atoms with van der Waals surface area (Å²) in [5.41, 5.74) is 0.648. The van der Waals surface area contributed by atoms with E-state index in [4.69, 9.17) is 11.6 Å². The molecule has 1 aliphatic heterocycles. The minimum atomic E-state index is -0.0526. The number of carbonyl (C=O) groups is 1. The molecule has 1 N–H and O–H groups in total. The third kappa shape index (κ3) is 3.83. The summed E-state index contributed by atoms with van der Waals surface area (Å²) >= 11 is 7.76. The van der Waals surface area contributed by atoms with Crippen LogP contribution in [0.15, 0.2) is 42.0 Å². The van der Waals surface area contributed by atoms with Crippen molar-refractivity contribution in [1.82, 2.24) is 14.9 Å². The number of para-hydroxylation sites is 1. The molecule has 0 bridgehead atoms. The molecule has 146 valence electrons. The molecule has 0 aliphatic carbocycles. The van der Waals surface area contributed by atoms with Crippen LogP contribution in [0.5, 0.6) is 0 Å². The lowest BCUT2D eigenvalue weighted by Crippen LogP contribution is -2.58. The SMILES string of the molecule is C[C@@H]1CN(CC(=O)Nc2ccccc2Cl)C[C@H](C)N1c1ncnc2sccc12. The van der Waals surface area contributed by atoms with Crippen molar-refractivity contribution in [3.8, 4) is 0 Å². The molecule has 1 saturated heterocycles. The number of anilines is 2. The number of nitrogens with one attached hydrogen (secondary N) is 1. The Morgan fingerprint density at radius 2 is 1.96 bits per heavy atom. The van der Waals surface area contributed by atoms with Crippen molar-refractivity contribution >= 4 is 50.6 Å². The zero-order valence-electron chi connectivity index (χ0n) is 15.8.